The predicted octanol–water partition coefficient (Wildman–Crippen LogP) is 1.20. The molecular formula is C21H25N3O6. The SMILES string of the molecule is CCOC(=O)C1CCN(C(=O)[C@@H](C)OC(=O)Cc2n[nH]c(=O)c3ccccc23)CC1. The van der Waals surface area contributed by atoms with Gasteiger partial charge in [0.1, 0.15) is 0 Å². The molecule has 30 heavy (non-hydrogen) atoms. The molecule has 0 unspecified atom stereocenters. The van der Waals surface area contributed by atoms with Gasteiger partial charge >= 0.3 is 11.9 Å². The minimum atomic E-state index is -0.953. The van der Waals surface area contributed by atoms with E-state index in [-0.39, 0.29) is 29.8 Å². The van der Waals surface area contributed by atoms with Crippen LogP contribution in [0.1, 0.15) is 32.4 Å². The molecule has 1 aliphatic rings. The number of esters is 2. The summed E-state index contributed by atoms with van der Waals surface area (Å²) in [6.45, 7) is 4.45. The molecule has 1 N–H and O–H groups in total. The maximum atomic E-state index is 12.6. The Hall–Kier alpha value is -3.23. The number of ether oxygens (including phenoxy) is 2. The average Bonchev–Trinajstić information content (AvgIpc) is 2.75. The van der Waals surface area contributed by atoms with Crippen LogP contribution in [0.2, 0.25) is 0 Å². The average molecular weight is 415 g/mol. The summed E-state index contributed by atoms with van der Waals surface area (Å²) in [7, 11) is 0. The van der Waals surface area contributed by atoms with Gasteiger partial charge in [-0.2, -0.15) is 5.10 Å². The van der Waals surface area contributed by atoms with Gasteiger partial charge in [0.15, 0.2) is 6.10 Å². The van der Waals surface area contributed by atoms with E-state index < -0.39 is 12.1 Å². The number of H-pyrrole nitrogens is 1. The fraction of sp³-hybridized carbons (Fsp3) is 0.476. The van der Waals surface area contributed by atoms with Crippen molar-refractivity contribution in [2.24, 2.45) is 5.92 Å². The van der Waals surface area contributed by atoms with Gasteiger partial charge in [-0.3, -0.25) is 19.2 Å². The Morgan fingerprint density at radius 3 is 2.53 bits per heavy atom. The zero-order valence-corrected chi connectivity index (χ0v) is 17.1. The number of carbonyl (C=O) groups is 3. The second-order valence-electron chi connectivity index (χ2n) is 7.21. The highest BCUT2D eigenvalue weighted by Gasteiger charge is 2.31. The molecule has 1 aromatic carbocycles. The Balaban J connectivity index is 1.56. The van der Waals surface area contributed by atoms with Gasteiger partial charge in [0.05, 0.1) is 30.0 Å². The number of fused-ring (bicyclic) bond motifs is 1. The van der Waals surface area contributed by atoms with Crippen molar-refractivity contribution in [2.45, 2.75) is 39.2 Å². The van der Waals surface area contributed by atoms with Crippen molar-refractivity contribution >= 4 is 28.6 Å². The summed E-state index contributed by atoms with van der Waals surface area (Å²) in [6, 6.07) is 6.84. The van der Waals surface area contributed by atoms with Gasteiger partial charge in [-0.25, -0.2) is 5.10 Å². The predicted molar refractivity (Wildman–Crippen MR) is 108 cm³/mol. The lowest BCUT2D eigenvalue weighted by Gasteiger charge is -2.32. The third-order valence-corrected chi connectivity index (χ3v) is 5.17. The molecule has 9 heteroatoms. The minimum absolute atomic E-state index is 0.167. The maximum absolute atomic E-state index is 12.6. The fourth-order valence-electron chi connectivity index (χ4n) is 3.58. The fourth-order valence-corrected chi connectivity index (χ4v) is 3.58. The molecule has 1 aromatic heterocycles. The number of hydrogen-bond acceptors (Lipinski definition) is 7. The standard InChI is InChI=1S/C21H25N3O6/c1-3-29-21(28)14-8-10-24(11-9-14)20(27)13(2)30-18(25)12-17-15-6-4-5-7-16(15)19(26)23-22-17/h4-7,13-14H,3,8-12H2,1-2H3,(H,23,26)/t13-/m1/s1. The minimum Gasteiger partial charge on any atom is -0.466 e. The highest BCUT2D eigenvalue weighted by Crippen LogP contribution is 2.20. The number of aromatic nitrogens is 2. The largest absolute Gasteiger partial charge is 0.466 e. The molecule has 1 fully saturated rings. The number of nitrogens with zero attached hydrogens (tertiary/aromatic N) is 2. The normalized spacial score (nSPS) is 15.6. The van der Waals surface area contributed by atoms with Gasteiger partial charge in [-0.1, -0.05) is 18.2 Å². The molecule has 0 bridgehead atoms. The van der Waals surface area contributed by atoms with Crippen molar-refractivity contribution in [3.8, 4) is 0 Å². The Labute approximate surface area is 173 Å². The van der Waals surface area contributed by atoms with Crippen molar-refractivity contribution < 1.29 is 23.9 Å². The third-order valence-electron chi connectivity index (χ3n) is 5.17. The van der Waals surface area contributed by atoms with Gasteiger partial charge in [0.2, 0.25) is 0 Å². The van der Waals surface area contributed by atoms with Crippen molar-refractivity contribution in [1.82, 2.24) is 15.1 Å². The van der Waals surface area contributed by atoms with Gasteiger partial charge in [0, 0.05) is 18.5 Å². The van der Waals surface area contributed by atoms with Gasteiger partial charge < -0.3 is 14.4 Å². The quantitative estimate of drug-likeness (QED) is 0.704. The molecule has 0 aliphatic carbocycles. The number of carbonyl (C=O) groups excluding carboxylic acids is 3. The van der Waals surface area contributed by atoms with Crippen LogP contribution in [0, 0.1) is 5.92 Å². The molecule has 160 valence electrons. The van der Waals surface area contributed by atoms with Crippen LogP contribution in [0.15, 0.2) is 29.1 Å². The first kappa shape index (κ1) is 21.5. The number of benzene rings is 1. The highest BCUT2D eigenvalue weighted by atomic mass is 16.5. The van der Waals surface area contributed by atoms with E-state index in [1.54, 1.807) is 36.1 Å². The number of likely N-dealkylation sites (tertiary alicyclic amines) is 1. The number of hydrogen-bond donors (Lipinski definition) is 1. The molecular weight excluding hydrogens is 390 g/mol. The van der Waals surface area contributed by atoms with Crippen LogP contribution in [0.25, 0.3) is 10.8 Å². The lowest BCUT2D eigenvalue weighted by Crippen LogP contribution is -2.45. The van der Waals surface area contributed by atoms with Crippen LogP contribution < -0.4 is 5.56 Å². The number of amides is 1. The first-order valence-corrected chi connectivity index (χ1v) is 10.0. The van der Waals surface area contributed by atoms with Gasteiger partial charge in [-0.15, -0.1) is 0 Å². The van der Waals surface area contributed by atoms with E-state index in [2.05, 4.69) is 10.2 Å². The lowest BCUT2D eigenvalue weighted by atomic mass is 9.97. The van der Waals surface area contributed by atoms with E-state index >= 15 is 0 Å². The molecule has 1 atom stereocenters. The molecule has 3 rings (SSSR count). The highest BCUT2D eigenvalue weighted by molar-refractivity contribution is 5.88. The van der Waals surface area contributed by atoms with Crippen LogP contribution in [-0.4, -0.2) is 58.7 Å². The van der Waals surface area contributed by atoms with E-state index in [0.29, 0.717) is 49.0 Å². The van der Waals surface area contributed by atoms with Crippen LogP contribution in [0.5, 0.6) is 0 Å². The first-order chi connectivity index (χ1) is 14.4. The molecule has 1 aliphatic heterocycles. The molecule has 1 saturated heterocycles. The number of rotatable bonds is 6. The van der Waals surface area contributed by atoms with Crippen molar-refractivity contribution in [3.05, 3.63) is 40.3 Å². The Morgan fingerprint density at radius 2 is 1.87 bits per heavy atom. The zero-order valence-electron chi connectivity index (χ0n) is 17.1. The first-order valence-electron chi connectivity index (χ1n) is 10.0. The summed E-state index contributed by atoms with van der Waals surface area (Å²) in [5.41, 5.74) is 0.0441. The molecule has 2 heterocycles. The van der Waals surface area contributed by atoms with Crippen LogP contribution in [-0.2, 0) is 30.3 Å². The topological polar surface area (TPSA) is 119 Å². The van der Waals surface area contributed by atoms with Crippen molar-refractivity contribution in [2.75, 3.05) is 19.7 Å². The van der Waals surface area contributed by atoms with E-state index in [4.69, 9.17) is 9.47 Å². The summed E-state index contributed by atoms with van der Waals surface area (Å²) >= 11 is 0. The monoisotopic (exact) mass is 415 g/mol. The molecule has 0 radical (unpaired) electrons. The van der Waals surface area contributed by atoms with Crippen LogP contribution in [0.3, 0.4) is 0 Å². The molecule has 9 nitrogen and oxygen atoms in total. The Kier molecular flexibility index (Phi) is 6.81. The number of nitrogens with one attached hydrogen (secondary N) is 1. The second-order valence-corrected chi connectivity index (χ2v) is 7.21. The van der Waals surface area contributed by atoms with E-state index in [9.17, 15) is 19.2 Å². The lowest BCUT2D eigenvalue weighted by molar-refractivity contribution is -0.160. The summed E-state index contributed by atoms with van der Waals surface area (Å²) in [4.78, 5) is 50.2. The summed E-state index contributed by atoms with van der Waals surface area (Å²) < 4.78 is 10.3. The molecule has 1 amide bonds. The molecule has 0 spiro atoms. The molecule has 0 saturated carbocycles. The third kappa shape index (κ3) is 4.84. The van der Waals surface area contributed by atoms with Crippen molar-refractivity contribution in [1.29, 1.82) is 0 Å². The summed E-state index contributed by atoms with van der Waals surface area (Å²) in [5, 5.41) is 7.32. The summed E-state index contributed by atoms with van der Waals surface area (Å²) in [5.74, 6) is -1.34. The maximum Gasteiger partial charge on any atom is 0.312 e. The van der Waals surface area contributed by atoms with E-state index in [1.165, 1.54) is 6.92 Å². The second kappa shape index (κ2) is 9.51. The van der Waals surface area contributed by atoms with Gasteiger partial charge in [-0.05, 0) is 32.8 Å². The summed E-state index contributed by atoms with van der Waals surface area (Å²) in [6.07, 6.45) is -0.0673. The van der Waals surface area contributed by atoms with Gasteiger partial charge in [0.25, 0.3) is 11.5 Å². The number of aromatic amines is 1. The molecule has 2 aromatic rings. The van der Waals surface area contributed by atoms with E-state index in [0.717, 1.165) is 0 Å². The smallest absolute Gasteiger partial charge is 0.312 e. The van der Waals surface area contributed by atoms with E-state index in [1.807, 2.05) is 0 Å². The zero-order chi connectivity index (χ0) is 21.7. The Morgan fingerprint density at radius 1 is 1.20 bits per heavy atom. The number of piperidine rings is 1. The van der Waals surface area contributed by atoms with Crippen molar-refractivity contribution in [3.63, 3.8) is 0 Å². The Bertz CT molecular complexity index is 994. The van der Waals surface area contributed by atoms with Crippen LogP contribution >= 0.6 is 0 Å². The van der Waals surface area contributed by atoms with Crippen LogP contribution in [0.4, 0.5) is 0 Å².